The van der Waals surface area contributed by atoms with Crippen LogP contribution in [-0.2, 0) is 4.79 Å². The van der Waals surface area contributed by atoms with Gasteiger partial charge in [-0.2, -0.15) is 0 Å². The average Bonchev–Trinajstić information content (AvgIpc) is 2.76. The maximum Gasteiger partial charge on any atom is 0.239 e. The number of hydrogen-bond acceptors (Lipinski definition) is 4. The highest BCUT2D eigenvalue weighted by Crippen LogP contribution is 2.16. The largest absolute Gasteiger partial charge is 0.392 e. The second-order valence-electron chi connectivity index (χ2n) is 7.10. The lowest BCUT2D eigenvalue weighted by molar-refractivity contribution is -0.137. The molecule has 0 aromatic heterocycles. The lowest BCUT2D eigenvalue weighted by atomic mass is 10.1. The predicted molar refractivity (Wildman–Crippen MR) is 88.8 cm³/mol. The van der Waals surface area contributed by atoms with Gasteiger partial charge < -0.3 is 10.0 Å². The van der Waals surface area contributed by atoms with Crippen LogP contribution in [0.4, 0.5) is 0 Å². The van der Waals surface area contributed by atoms with Gasteiger partial charge in [0.05, 0.1) is 12.1 Å². The van der Waals surface area contributed by atoms with Gasteiger partial charge in [0.2, 0.25) is 5.91 Å². The van der Waals surface area contributed by atoms with Gasteiger partial charge in [-0.15, -0.1) is 0 Å². The first kappa shape index (κ1) is 17.7. The second-order valence-corrected chi connectivity index (χ2v) is 7.10. The molecule has 0 aromatic carbocycles. The minimum atomic E-state index is -0.287. The van der Waals surface area contributed by atoms with E-state index in [1.165, 1.54) is 12.8 Å². The molecule has 22 heavy (non-hydrogen) atoms. The molecule has 0 aromatic rings. The summed E-state index contributed by atoms with van der Waals surface area (Å²) in [6.07, 6.45) is 4.53. The fourth-order valence-corrected chi connectivity index (χ4v) is 3.70. The Morgan fingerprint density at radius 1 is 1.09 bits per heavy atom. The van der Waals surface area contributed by atoms with Gasteiger partial charge in [-0.3, -0.25) is 14.6 Å². The minimum Gasteiger partial charge on any atom is -0.392 e. The van der Waals surface area contributed by atoms with Crippen molar-refractivity contribution in [1.29, 1.82) is 0 Å². The van der Waals surface area contributed by atoms with Crippen molar-refractivity contribution in [3.63, 3.8) is 0 Å². The smallest absolute Gasteiger partial charge is 0.239 e. The third-order valence-electron chi connectivity index (χ3n) is 5.12. The third kappa shape index (κ3) is 4.67. The van der Waals surface area contributed by atoms with Crippen LogP contribution in [0.2, 0.25) is 0 Å². The first-order chi connectivity index (χ1) is 10.5. The van der Waals surface area contributed by atoms with Gasteiger partial charge in [-0.05, 0) is 33.6 Å². The molecule has 5 heteroatoms. The summed E-state index contributed by atoms with van der Waals surface area (Å²) < 4.78 is 0. The number of piperazine rings is 1. The lowest BCUT2D eigenvalue weighted by Gasteiger charge is -2.43. The summed E-state index contributed by atoms with van der Waals surface area (Å²) in [5.74, 6) is 0.304. The van der Waals surface area contributed by atoms with Crippen molar-refractivity contribution >= 4 is 5.91 Å². The maximum atomic E-state index is 12.7. The van der Waals surface area contributed by atoms with Crippen LogP contribution in [-0.4, -0.2) is 83.2 Å². The highest BCUT2D eigenvalue weighted by atomic mass is 16.3. The molecule has 2 rings (SSSR count). The standard InChI is InChI=1S/C17H33N3O2/c1-14-12-20(11-10-19(14)13-15(2)21)16(3)17(22)18-8-6-4-5-7-9-18/h14-16,21H,4-13H2,1-3H3/t14-,15+,16+/m1/s1. The number of carbonyl (C=O) groups excluding carboxylic acids is 1. The number of carbonyl (C=O) groups is 1. The normalized spacial score (nSPS) is 28.2. The van der Waals surface area contributed by atoms with Crippen molar-refractivity contribution in [1.82, 2.24) is 14.7 Å². The van der Waals surface area contributed by atoms with E-state index in [1.54, 1.807) is 0 Å². The second kappa shape index (κ2) is 8.27. The summed E-state index contributed by atoms with van der Waals surface area (Å²) in [6, 6.07) is 0.372. The molecule has 0 aliphatic carbocycles. The van der Waals surface area contributed by atoms with Gasteiger partial charge in [0, 0.05) is 45.3 Å². The number of rotatable bonds is 4. The van der Waals surface area contributed by atoms with Crippen molar-refractivity contribution in [2.45, 2.75) is 64.6 Å². The molecule has 2 saturated heterocycles. The van der Waals surface area contributed by atoms with Crippen LogP contribution in [0.5, 0.6) is 0 Å². The number of aliphatic hydroxyl groups is 1. The Kier molecular flexibility index (Phi) is 6.66. The number of aliphatic hydroxyl groups excluding tert-OH is 1. The predicted octanol–water partition coefficient (Wildman–Crippen LogP) is 1.16. The SMILES string of the molecule is C[C@H](O)CN1CCN([C@@H](C)C(=O)N2CCCCCC2)C[C@H]1C. The Morgan fingerprint density at radius 2 is 1.73 bits per heavy atom. The molecular weight excluding hydrogens is 278 g/mol. The van der Waals surface area contributed by atoms with E-state index in [4.69, 9.17) is 0 Å². The molecule has 0 bridgehead atoms. The molecule has 3 atom stereocenters. The van der Waals surface area contributed by atoms with Crippen molar-refractivity contribution in [3.8, 4) is 0 Å². The molecule has 0 saturated carbocycles. The fourth-order valence-electron chi connectivity index (χ4n) is 3.70. The Bertz CT molecular complexity index is 354. The van der Waals surface area contributed by atoms with Gasteiger partial charge in [-0.1, -0.05) is 12.8 Å². The van der Waals surface area contributed by atoms with Gasteiger partial charge in [0.25, 0.3) is 0 Å². The molecule has 0 unspecified atom stereocenters. The molecule has 2 heterocycles. The molecule has 2 aliphatic rings. The van der Waals surface area contributed by atoms with Crippen molar-refractivity contribution in [2.24, 2.45) is 0 Å². The molecular formula is C17H33N3O2. The summed E-state index contributed by atoms with van der Waals surface area (Å²) in [4.78, 5) is 19.5. The Morgan fingerprint density at radius 3 is 2.27 bits per heavy atom. The fraction of sp³-hybridized carbons (Fsp3) is 0.941. The van der Waals surface area contributed by atoms with Crippen molar-refractivity contribution in [3.05, 3.63) is 0 Å². The van der Waals surface area contributed by atoms with E-state index in [-0.39, 0.29) is 12.1 Å². The number of hydrogen-bond donors (Lipinski definition) is 1. The molecule has 5 nitrogen and oxygen atoms in total. The molecule has 2 aliphatic heterocycles. The van der Waals surface area contributed by atoms with Crippen LogP contribution in [0.3, 0.4) is 0 Å². The van der Waals surface area contributed by atoms with Crippen LogP contribution in [0.15, 0.2) is 0 Å². The van der Waals surface area contributed by atoms with Gasteiger partial charge in [0.15, 0.2) is 0 Å². The molecule has 128 valence electrons. The first-order valence-electron chi connectivity index (χ1n) is 8.94. The third-order valence-corrected chi connectivity index (χ3v) is 5.12. The van der Waals surface area contributed by atoms with Gasteiger partial charge >= 0.3 is 0 Å². The number of β-amino-alcohol motifs (C(OH)–C–C–N with tert-alkyl or cyclic N) is 1. The van der Waals surface area contributed by atoms with E-state index < -0.39 is 0 Å². The minimum absolute atomic E-state index is 0.0192. The topological polar surface area (TPSA) is 47.0 Å². The summed E-state index contributed by atoms with van der Waals surface area (Å²) >= 11 is 0. The molecule has 0 spiro atoms. The Hall–Kier alpha value is -0.650. The Balaban J connectivity index is 1.87. The monoisotopic (exact) mass is 311 g/mol. The zero-order valence-corrected chi connectivity index (χ0v) is 14.5. The Labute approximate surface area is 135 Å². The van der Waals surface area contributed by atoms with Crippen molar-refractivity contribution in [2.75, 3.05) is 39.3 Å². The van der Waals surface area contributed by atoms with E-state index in [0.29, 0.717) is 11.9 Å². The molecule has 0 radical (unpaired) electrons. The zero-order valence-electron chi connectivity index (χ0n) is 14.5. The van der Waals surface area contributed by atoms with E-state index in [1.807, 2.05) is 6.92 Å². The highest BCUT2D eigenvalue weighted by molar-refractivity contribution is 5.81. The highest BCUT2D eigenvalue weighted by Gasteiger charge is 2.32. The zero-order chi connectivity index (χ0) is 16.1. The quantitative estimate of drug-likeness (QED) is 0.846. The summed E-state index contributed by atoms with van der Waals surface area (Å²) in [7, 11) is 0. The van der Waals surface area contributed by atoms with Crippen LogP contribution < -0.4 is 0 Å². The summed E-state index contributed by atoms with van der Waals surface area (Å²) in [5.41, 5.74) is 0. The number of amides is 1. The lowest BCUT2D eigenvalue weighted by Crippen LogP contribution is -2.58. The molecule has 2 fully saturated rings. The van der Waals surface area contributed by atoms with Crippen LogP contribution in [0.1, 0.15) is 46.5 Å². The van der Waals surface area contributed by atoms with E-state index in [9.17, 15) is 9.90 Å². The van der Waals surface area contributed by atoms with Crippen LogP contribution in [0, 0.1) is 0 Å². The number of nitrogens with zero attached hydrogens (tertiary/aromatic N) is 3. The number of likely N-dealkylation sites (tertiary alicyclic amines) is 1. The van der Waals surface area contributed by atoms with Gasteiger partial charge in [0.1, 0.15) is 0 Å². The van der Waals surface area contributed by atoms with E-state index >= 15 is 0 Å². The maximum absolute atomic E-state index is 12.7. The molecule has 1 N–H and O–H groups in total. The van der Waals surface area contributed by atoms with E-state index in [0.717, 1.165) is 52.1 Å². The first-order valence-corrected chi connectivity index (χ1v) is 8.94. The van der Waals surface area contributed by atoms with E-state index in [2.05, 4.69) is 28.5 Å². The van der Waals surface area contributed by atoms with Crippen molar-refractivity contribution < 1.29 is 9.90 Å². The summed E-state index contributed by atoms with van der Waals surface area (Å²) in [5, 5.41) is 9.57. The van der Waals surface area contributed by atoms with Crippen LogP contribution >= 0.6 is 0 Å². The van der Waals surface area contributed by atoms with Crippen LogP contribution in [0.25, 0.3) is 0 Å². The average molecular weight is 311 g/mol. The summed E-state index contributed by atoms with van der Waals surface area (Å²) in [6.45, 7) is 11.4. The van der Waals surface area contributed by atoms with Gasteiger partial charge in [-0.25, -0.2) is 0 Å². The molecule has 1 amide bonds.